The largest absolute Gasteiger partial charge is 0.481 e. The maximum atomic E-state index is 13.1. The number of hydrogen-bond acceptors (Lipinski definition) is 2. The van der Waals surface area contributed by atoms with Gasteiger partial charge in [0.2, 0.25) is 0 Å². The van der Waals surface area contributed by atoms with E-state index in [2.05, 4.69) is 12.1 Å². The molecule has 23 heavy (non-hydrogen) atoms. The van der Waals surface area contributed by atoms with E-state index in [1.807, 2.05) is 24.3 Å². The Morgan fingerprint density at radius 3 is 2.61 bits per heavy atom. The highest BCUT2D eigenvalue weighted by atomic mass is 32.1. The first-order valence-electron chi connectivity index (χ1n) is 8.07. The number of hydrogen-bond donors (Lipinski definition) is 1. The summed E-state index contributed by atoms with van der Waals surface area (Å²) in [6.45, 7) is 1.99. The topological polar surface area (TPSA) is 37.3 Å². The zero-order valence-corrected chi connectivity index (χ0v) is 14.2. The number of rotatable bonds is 9. The molecule has 0 fully saturated rings. The van der Waals surface area contributed by atoms with Crippen LogP contribution in [0.5, 0.6) is 0 Å². The molecule has 4 heteroatoms. The predicted octanol–water partition coefficient (Wildman–Crippen LogP) is 5.11. The molecule has 124 valence electrons. The monoisotopic (exact) mass is 334 g/mol. The number of carboxylic acids is 1. The molecule has 0 radical (unpaired) electrons. The van der Waals surface area contributed by atoms with E-state index in [4.69, 9.17) is 5.11 Å². The molecule has 2 nitrogen and oxygen atoms in total. The van der Waals surface area contributed by atoms with E-state index < -0.39 is 5.97 Å². The van der Waals surface area contributed by atoms with Crippen molar-refractivity contribution in [3.8, 4) is 0 Å². The minimum Gasteiger partial charge on any atom is -0.481 e. The molecule has 2 aromatic rings. The lowest BCUT2D eigenvalue weighted by atomic mass is 10.0. The molecule has 1 aromatic carbocycles. The number of aryl methyl sites for hydroxylation is 3. The van der Waals surface area contributed by atoms with E-state index in [0.29, 0.717) is 0 Å². The number of thiophene rings is 1. The van der Waals surface area contributed by atoms with Crippen LogP contribution in [-0.2, 0) is 24.1 Å². The van der Waals surface area contributed by atoms with Gasteiger partial charge in [-0.3, -0.25) is 4.79 Å². The Bertz CT molecular complexity index is 636. The van der Waals surface area contributed by atoms with Crippen molar-refractivity contribution in [2.24, 2.45) is 5.92 Å². The van der Waals surface area contributed by atoms with Gasteiger partial charge in [-0.25, -0.2) is 4.39 Å². The zero-order chi connectivity index (χ0) is 16.7. The minimum atomic E-state index is -0.721. The fraction of sp³-hybridized carbons (Fsp3) is 0.421. The van der Waals surface area contributed by atoms with Gasteiger partial charge in [0.25, 0.3) is 0 Å². The number of carbonyl (C=O) groups is 1. The molecule has 0 amide bonds. The maximum absolute atomic E-state index is 13.1. The highest BCUT2D eigenvalue weighted by Crippen LogP contribution is 2.22. The molecule has 0 aliphatic rings. The van der Waals surface area contributed by atoms with Gasteiger partial charge < -0.3 is 5.11 Å². The summed E-state index contributed by atoms with van der Waals surface area (Å²) in [5.41, 5.74) is 1.05. The van der Waals surface area contributed by atoms with Gasteiger partial charge in [0.1, 0.15) is 5.82 Å². The van der Waals surface area contributed by atoms with Crippen LogP contribution in [0.2, 0.25) is 0 Å². The van der Waals surface area contributed by atoms with E-state index in [1.165, 1.54) is 15.8 Å². The molecule has 0 aliphatic heterocycles. The fourth-order valence-electron chi connectivity index (χ4n) is 2.64. The molecule has 1 aromatic heterocycles. The summed E-state index contributed by atoms with van der Waals surface area (Å²) in [6.07, 6.45) is 5.01. The number of halogens is 1. The molecule has 0 aliphatic carbocycles. The first kappa shape index (κ1) is 17.7. The third kappa shape index (κ3) is 6.53. The van der Waals surface area contributed by atoms with Gasteiger partial charge in [0.05, 0.1) is 0 Å². The van der Waals surface area contributed by atoms with E-state index >= 15 is 0 Å². The lowest BCUT2D eigenvalue weighted by Gasteiger charge is -2.06. The first-order valence-corrected chi connectivity index (χ1v) is 8.88. The summed E-state index contributed by atoms with van der Waals surface area (Å²) < 4.78 is 13.1. The van der Waals surface area contributed by atoms with Crippen LogP contribution in [-0.4, -0.2) is 11.1 Å². The molecule has 1 N–H and O–H groups in total. The Morgan fingerprint density at radius 2 is 1.91 bits per heavy atom. The molecule has 1 unspecified atom stereocenters. The number of aliphatic carboxylic acids is 1. The smallest absolute Gasteiger partial charge is 0.303 e. The molecule has 0 saturated heterocycles. The molecule has 2 rings (SSSR count). The quantitative estimate of drug-likeness (QED) is 0.692. The van der Waals surface area contributed by atoms with Crippen molar-refractivity contribution in [1.29, 1.82) is 0 Å². The van der Waals surface area contributed by atoms with E-state index in [9.17, 15) is 9.18 Å². The van der Waals surface area contributed by atoms with Crippen LogP contribution in [0.15, 0.2) is 36.4 Å². The van der Waals surface area contributed by atoms with Crippen LogP contribution in [0.1, 0.15) is 41.5 Å². The van der Waals surface area contributed by atoms with Crippen LogP contribution in [0.4, 0.5) is 4.39 Å². The first-order chi connectivity index (χ1) is 11.0. The zero-order valence-electron chi connectivity index (χ0n) is 13.4. The van der Waals surface area contributed by atoms with Crippen LogP contribution in [0.3, 0.4) is 0 Å². The van der Waals surface area contributed by atoms with Gasteiger partial charge in [-0.15, -0.1) is 11.3 Å². The summed E-state index contributed by atoms with van der Waals surface area (Å²) in [5.74, 6) is -0.677. The lowest BCUT2D eigenvalue weighted by Crippen LogP contribution is -2.04. The van der Waals surface area contributed by atoms with Crippen LogP contribution < -0.4 is 0 Å². The van der Waals surface area contributed by atoms with Gasteiger partial charge in [0, 0.05) is 16.2 Å². The van der Waals surface area contributed by atoms with Gasteiger partial charge in [-0.1, -0.05) is 19.1 Å². The fourth-order valence-corrected chi connectivity index (χ4v) is 3.71. The third-order valence-corrected chi connectivity index (χ3v) is 5.11. The Morgan fingerprint density at radius 1 is 1.17 bits per heavy atom. The highest BCUT2D eigenvalue weighted by Gasteiger charge is 2.09. The van der Waals surface area contributed by atoms with Gasteiger partial charge >= 0.3 is 5.97 Å². The standard InChI is InChI=1S/C19H23FO2S/c1-14(12-19(21)22)8-9-18-11-10-17(23-18)7-3-5-15-4-2-6-16(20)13-15/h2,4,6,10-11,13-14H,3,5,7-9,12H2,1H3,(H,21,22). The Kier molecular flexibility index (Phi) is 6.78. The molecular weight excluding hydrogens is 311 g/mol. The molecule has 1 heterocycles. The minimum absolute atomic E-state index is 0.170. The van der Waals surface area contributed by atoms with E-state index in [0.717, 1.165) is 37.7 Å². The Hall–Kier alpha value is -1.68. The average molecular weight is 334 g/mol. The third-order valence-electron chi connectivity index (χ3n) is 3.90. The average Bonchev–Trinajstić information content (AvgIpc) is 2.92. The van der Waals surface area contributed by atoms with Crippen molar-refractivity contribution in [2.45, 2.75) is 45.4 Å². The number of carboxylic acid groups (broad SMARTS) is 1. The Balaban J connectivity index is 1.73. The summed E-state index contributed by atoms with van der Waals surface area (Å²) in [7, 11) is 0. The molecule has 0 bridgehead atoms. The summed E-state index contributed by atoms with van der Waals surface area (Å²) in [4.78, 5) is 13.3. The van der Waals surface area contributed by atoms with E-state index in [-0.39, 0.29) is 18.2 Å². The predicted molar refractivity (Wildman–Crippen MR) is 92.5 cm³/mol. The second kappa shape index (κ2) is 8.82. The van der Waals surface area contributed by atoms with Crippen LogP contribution in [0.25, 0.3) is 0 Å². The van der Waals surface area contributed by atoms with Crippen molar-refractivity contribution < 1.29 is 14.3 Å². The van der Waals surface area contributed by atoms with Gasteiger partial charge in [-0.2, -0.15) is 0 Å². The van der Waals surface area contributed by atoms with Crippen molar-refractivity contribution in [3.05, 3.63) is 57.5 Å². The van der Waals surface area contributed by atoms with Crippen LogP contribution >= 0.6 is 11.3 Å². The van der Waals surface area contributed by atoms with Gasteiger partial charge in [-0.05, 0) is 67.9 Å². The molecular formula is C19H23FO2S. The van der Waals surface area contributed by atoms with Gasteiger partial charge in [0.15, 0.2) is 0 Å². The maximum Gasteiger partial charge on any atom is 0.303 e. The van der Waals surface area contributed by atoms with Crippen molar-refractivity contribution in [3.63, 3.8) is 0 Å². The summed E-state index contributed by atoms with van der Waals surface area (Å²) in [5, 5.41) is 8.77. The van der Waals surface area contributed by atoms with Crippen LogP contribution in [0, 0.1) is 11.7 Å². The van der Waals surface area contributed by atoms with Crippen molar-refractivity contribution in [2.75, 3.05) is 0 Å². The van der Waals surface area contributed by atoms with Crippen molar-refractivity contribution >= 4 is 17.3 Å². The normalized spacial score (nSPS) is 12.3. The molecule has 0 spiro atoms. The van der Waals surface area contributed by atoms with E-state index in [1.54, 1.807) is 12.1 Å². The summed E-state index contributed by atoms with van der Waals surface area (Å²) >= 11 is 1.81. The molecule has 1 atom stereocenters. The summed E-state index contributed by atoms with van der Waals surface area (Å²) in [6, 6.07) is 11.1. The lowest BCUT2D eigenvalue weighted by molar-refractivity contribution is -0.138. The number of benzene rings is 1. The Labute approximate surface area is 141 Å². The second-order valence-electron chi connectivity index (χ2n) is 6.09. The van der Waals surface area contributed by atoms with Crippen molar-refractivity contribution in [1.82, 2.24) is 0 Å². The second-order valence-corrected chi connectivity index (χ2v) is 7.35. The SMILES string of the molecule is CC(CCc1ccc(CCCc2cccc(F)c2)s1)CC(=O)O. The molecule has 0 saturated carbocycles. The highest BCUT2D eigenvalue weighted by molar-refractivity contribution is 7.11.